The summed E-state index contributed by atoms with van der Waals surface area (Å²) < 4.78 is 5.81. The normalized spacial score (nSPS) is 10.6. The molecule has 150 valence electrons. The molecule has 0 aliphatic carbocycles. The number of anilines is 2. The molecule has 1 amide bonds. The number of aromatic nitrogens is 3. The zero-order chi connectivity index (χ0) is 20.6. The highest BCUT2D eigenvalue weighted by atomic mass is 16.5. The molecule has 0 atom stereocenters. The number of pyridine rings is 1. The van der Waals surface area contributed by atoms with Crippen LogP contribution < -0.4 is 10.1 Å². The van der Waals surface area contributed by atoms with Gasteiger partial charge in [0.25, 0.3) is 5.91 Å². The van der Waals surface area contributed by atoms with Crippen molar-refractivity contribution in [2.24, 2.45) is 0 Å². The molecule has 1 aromatic carbocycles. The Labute approximate surface area is 170 Å². The number of ether oxygens (including phenoxy) is 1. The van der Waals surface area contributed by atoms with Crippen molar-refractivity contribution in [3.05, 3.63) is 72.3 Å². The first-order valence-corrected chi connectivity index (χ1v) is 9.53. The van der Waals surface area contributed by atoms with Gasteiger partial charge < -0.3 is 15.0 Å². The molecule has 1 N–H and O–H groups in total. The summed E-state index contributed by atoms with van der Waals surface area (Å²) in [5.41, 5.74) is 2.21. The van der Waals surface area contributed by atoms with Crippen LogP contribution in [-0.2, 0) is 6.42 Å². The molecule has 0 saturated heterocycles. The molecule has 3 aromatic rings. The lowest BCUT2D eigenvalue weighted by Crippen LogP contribution is -2.29. The van der Waals surface area contributed by atoms with E-state index < -0.39 is 0 Å². The van der Waals surface area contributed by atoms with E-state index >= 15 is 0 Å². The van der Waals surface area contributed by atoms with Crippen LogP contribution in [0.15, 0.2) is 61.1 Å². The average Bonchev–Trinajstić information content (AvgIpc) is 2.73. The minimum absolute atomic E-state index is 0.0424. The highest BCUT2D eigenvalue weighted by Crippen LogP contribution is 2.27. The number of rotatable bonds is 8. The van der Waals surface area contributed by atoms with Gasteiger partial charge in [-0.3, -0.25) is 9.78 Å². The van der Waals surface area contributed by atoms with E-state index in [0.29, 0.717) is 23.9 Å². The fourth-order valence-electron chi connectivity index (χ4n) is 2.73. The highest BCUT2D eigenvalue weighted by molar-refractivity contribution is 5.92. The zero-order valence-electron chi connectivity index (χ0n) is 16.9. The Bertz CT molecular complexity index is 947. The fourth-order valence-corrected chi connectivity index (χ4v) is 2.73. The number of hydrogen-bond donors (Lipinski definition) is 1. The van der Waals surface area contributed by atoms with Crippen LogP contribution in [0.1, 0.15) is 29.9 Å². The van der Waals surface area contributed by atoms with Crippen LogP contribution in [0.2, 0.25) is 0 Å². The Morgan fingerprint density at radius 3 is 2.62 bits per heavy atom. The Balaban J connectivity index is 1.68. The van der Waals surface area contributed by atoms with Gasteiger partial charge in [-0.2, -0.15) is 0 Å². The summed E-state index contributed by atoms with van der Waals surface area (Å²) in [4.78, 5) is 27.0. The summed E-state index contributed by atoms with van der Waals surface area (Å²) in [6.07, 6.45) is 5.87. The van der Waals surface area contributed by atoms with Gasteiger partial charge in [-0.1, -0.05) is 12.1 Å². The van der Waals surface area contributed by atoms with Crippen LogP contribution in [-0.4, -0.2) is 45.5 Å². The Hall–Kier alpha value is -3.48. The van der Waals surface area contributed by atoms with Crippen LogP contribution in [0.25, 0.3) is 0 Å². The Morgan fingerprint density at radius 1 is 1.10 bits per heavy atom. The van der Waals surface area contributed by atoms with E-state index in [2.05, 4.69) is 20.3 Å². The predicted molar refractivity (Wildman–Crippen MR) is 112 cm³/mol. The number of para-hydroxylation sites is 2. The third-order valence-electron chi connectivity index (χ3n) is 4.20. The molecule has 0 unspecified atom stereocenters. The maximum Gasteiger partial charge on any atom is 0.272 e. The lowest BCUT2D eigenvalue weighted by molar-refractivity contribution is 0.0791. The minimum Gasteiger partial charge on any atom is -0.489 e. The van der Waals surface area contributed by atoms with Crippen LogP contribution >= 0.6 is 0 Å². The smallest absolute Gasteiger partial charge is 0.272 e. The molecular weight excluding hydrogens is 366 g/mol. The second-order valence-electron chi connectivity index (χ2n) is 6.89. The van der Waals surface area contributed by atoms with Gasteiger partial charge in [-0.25, -0.2) is 9.97 Å². The van der Waals surface area contributed by atoms with Gasteiger partial charge in [0.15, 0.2) is 0 Å². The van der Waals surface area contributed by atoms with Crippen LogP contribution in [0, 0.1) is 0 Å². The van der Waals surface area contributed by atoms with Gasteiger partial charge in [0.2, 0.25) is 5.95 Å². The minimum atomic E-state index is -0.156. The summed E-state index contributed by atoms with van der Waals surface area (Å²) in [7, 11) is 1.77. The van der Waals surface area contributed by atoms with Crippen molar-refractivity contribution in [3.8, 4) is 5.75 Å². The highest BCUT2D eigenvalue weighted by Gasteiger charge is 2.15. The first-order chi connectivity index (χ1) is 14.0. The van der Waals surface area contributed by atoms with Crippen molar-refractivity contribution in [2.45, 2.75) is 26.4 Å². The van der Waals surface area contributed by atoms with Crippen LogP contribution in [0.3, 0.4) is 0 Å². The maximum absolute atomic E-state index is 12.8. The molecular formula is C22H25N5O2. The monoisotopic (exact) mass is 391 g/mol. The van der Waals surface area contributed by atoms with E-state index in [9.17, 15) is 4.79 Å². The topological polar surface area (TPSA) is 80.2 Å². The number of nitrogens with zero attached hydrogens (tertiary/aromatic N) is 4. The molecule has 0 saturated carbocycles. The second kappa shape index (κ2) is 9.64. The molecule has 0 spiro atoms. The second-order valence-corrected chi connectivity index (χ2v) is 6.89. The molecule has 7 heteroatoms. The van der Waals surface area contributed by atoms with Gasteiger partial charge in [0.1, 0.15) is 11.4 Å². The van der Waals surface area contributed by atoms with E-state index in [1.807, 2.05) is 50.2 Å². The lowest BCUT2D eigenvalue weighted by Gasteiger charge is -2.17. The van der Waals surface area contributed by atoms with Crippen molar-refractivity contribution in [2.75, 3.05) is 18.9 Å². The molecule has 0 radical (unpaired) electrons. The van der Waals surface area contributed by atoms with Gasteiger partial charge in [0, 0.05) is 32.2 Å². The summed E-state index contributed by atoms with van der Waals surface area (Å²) >= 11 is 0. The number of nitrogens with one attached hydrogen (secondary N) is 1. The van der Waals surface area contributed by atoms with Crippen LogP contribution in [0.5, 0.6) is 5.75 Å². The van der Waals surface area contributed by atoms with Crippen molar-refractivity contribution in [1.82, 2.24) is 19.9 Å². The van der Waals surface area contributed by atoms with E-state index in [1.54, 1.807) is 36.6 Å². The van der Waals surface area contributed by atoms with E-state index in [4.69, 9.17) is 4.74 Å². The summed E-state index contributed by atoms with van der Waals surface area (Å²) in [6, 6.07) is 13.1. The number of carbonyl (C=O) groups excluding carboxylic acids is 1. The summed E-state index contributed by atoms with van der Waals surface area (Å²) in [5.74, 6) is 0.895. The Kier molecular flexibility index (Phi) is 6.73. The first-order valence-electron chi connectivity index (χ1n) is 9.53. The standard InChI is InChI=1S/C22H25N5O2/c1-16(2)29-20-7-5-4-6-18(20)25-22-24-14-10-19(26-22)21(28)27(3)15-11-17-8-12-23-13-9-17/h4-10,12-14,16H,11,15H2,1-3H3,(H,24,25,26). The molecule has 0 aliphatic rings. The summed E-state index contributed by atoms with van der Waals surface area (Å²) in [6.45, 7) is 4.52. The van der Waals surface area contributed by atoms with E-state index in [-0.39, 0.29) is 12.0 Å². The molecule has 7 nitrogen and oxygen atoms in total. The molecule has 0 bridgehead atoms. The van der Waals surface area contributed by atoms with Gasteiger partial charge >= 0.3 is 0 Å². The van der Waals surface area contributed by atoms with E-state index in [0.717, 1.165) is 17.7 Å². The molecule has 29 heavy (non-hydrogen) atoms. The fraction of sp³-hybridized carbons (Fsp3) is 0.273. The Morgan fingerprint density at radius 2 is 1.86 bits per heavy atom. The van der Waals surface area contributed by atoms with Gasteiger partial charge in [-0.05, 0) is 56.2 Å². The maximum atomic E-state index is 12.8. The molecule has 0 fully saturated rings. The van der Waals surface area contributed by atoms with Crippen molar-refractivity contribution in [3.63, 3.8) is 0 Å². The summed E-state index contributed by atoms with van der Waals surface area (Å²) in [5, 5.41) is 3.15. The average molecular weight is 391 g/mol. The number of amides is 1. The van der Waals surface area contributed by atoms with E-state index in [1.165, 1.54) is 0 Å². The first kappa shape index (κ1) is 20.3. The third-order valence-corrected chi connectivity index (χ3v) is 4.20. The number of benzene rings is 1. The molecule has 3 rings (SSSR count). The largest absolute Gasteiger partial charge is 0.489 e. The zero-order valence-corrected chi connectivity index (χ0v) is 16.9. The number of carbonyl (C=O) groups is 1. The van der Waals surface area contributed by atoms with Gasteiger partial charge in [0.05, 0.1) is 11.8 Å². The molecule has 2 heterocycles. The third kappa shape index (κ3) is 5.75. The lowest BCUT2D eigenvalue weighted by atomic mass is 10.2. The molecule has 0 aliphatic heterocycles. The quantitative estimate of drug-likeness (QED) is 0.630. The number of likely N-dealkylation sites (N-methyl/N-ethyl adjacent to an activating group) is 1. The van der Waals surface area contributed by atoms with Crippen LogP contribution in [0.4, 0.5) is 11.6 Å². The van der Waals surface area contributed by atoms with Crippen molar-refractivity contribution >= 4 is 17.5 Å². The molecule has 2 aromatic heterocycles. The number of hydrogen-bond acceptors (Lipinski definition) is 6. The van der Waals surface area contributed by atoms with Crippen molar-refractivity contribution < 1.29 is 9.53 Å². The van der Waals surface area contributed by atoms with Crippen molar-refractivity contribution in [1.29, 1.82) is 0 Å². The van der Waals surface area contributed by atoms with Gasteiger partial charge in [-0.15, -0.1) is 0 Å². The SMILES string of the molecule is CC(C)Oc1ccccc1Nc1nccc(C(=O)N(C)CCc2ccncc2)n1. The predicted octanol–water partition coefficient (Wildman–Crippen LogP) is 3.72.